The molecule has 0 fully saturated rings. The van der Waals surface area contributed by atoms with Crippen LogP contribution in [0.3, 0.4) is 0 Å². The summed E-state index contributed by atoms with van der Waals surface area (Å²) in [5.41, 5.74) is 3.06. The highest BCUT2D eigenvalue weighted by molar-refractivity contribution is 6.25. The zero-order valence-corrected chi connectivity index (χ0v) is 7.64. The molecule has 0 N–H and O–H groups in total. The van der Waals surface area contributed by atoms with Crippen molar-refractivity contribution >= 4 is 11.6 Å². The number of rotatable bonds is 2. The second-order valence-corrected chi connectivity index (χ2v) is 3.19. The van der Waals surface area contributed by atoms with Crippen LogP contribution in [0.2, 0.25) is 0 Å². The summed E-state index contributed by atoms with van der Waals surface area (Å²) in [6.07, 6.45) is 5.48. The summed E-state index contributed by atoms with van der Waals surface area (Å²) in [4.78, 5) is 2.38. The quantitative estimate of drug-likeness (QED) is 0.577. The molecule has 0 spiro atoms. The van der Waals surface area contributed by atoms with Crippen molar-refractivity contribution in [3.05, 3.63) is 23.3 Å². The van der Waals surface area contributed by atoms with E-state index in [0.717, 1.165) is 13.1 Å². The fourth-order valence-corrected chi connectivity index (χ4v) is 1.41. The lowest BCUT2D eigenvalue weighted by atomic mass is 10.1. The Bertz CT molecular complexity index is 172. The van der Waals surface area contributed by atoms with Gasteiger partial charge in [0.05, 0.1) is 0 Å². The highest BCUT2D eigenvalue weighted by Gasteiger charge is 2.06. The molecule has 0 aromatic carbocycles. The van der Waals surface area contributed by atoms with E-state index in [-0.39, 0.29) is 0 Å². The Balaban J connectivity index is 2.32. The standard InChI is InChI=1S/C9H14ClN/c1-9-4-2-6-11(8-9)7-3-5-10/h3-5H,2,6-8H2,1H3/b5-3+. The van der Waals surface area contributed by atoms with E-state index in [9.17, 15) is 0 Å². The van der Waals surface area contributed by atoms with Gasteiger partial charge in [0.15, 0.2) is 0 Å². The SMILES string of the molecule is CC1=CCCN(C/C=C/Cl)C1. The molecule has 11 heavy (non-hydrogen) atoms. The van der Waals surface area contributed by atoms with E-state index in [2.05, 4.69) is 17.9 Å². The van der Waals surface area contributed by atoms with E-state index >= 15 is 0 Å². The molecule has 1 aliphatic heterocycles. The van der Waals surface area contributed by atoms with Crippen LogP contribution in [-0.2, 0) is 0 Å². The van der Waals surface area contributed by atoms with Crippen LogP contribution in [0.1, 0.15) is 13.3 Å². The normalized spacial score (nSPS) is 20.7. The highest BCUT2D eigenvalue weighted by atomic mass is 35.5. The molecule has 1 rings (SSSR count). The molecule has 0 aliphatic carbocycles. The lowest BCUT2D eigenvalue weighted by molar-refractivity contribution is 0.321. The van der Waals surface area contributed by atoms with Gasteiger partial charge in [-0.1, -0.05) is 29.3 Å². The maximum Gasteiger partial charge on any atom is 0.0193 e. The van der Waals surface area contributed by atoms with Crippen LogP contribution in [0.4, 0.5) is 0 Å². The minimum atomic E-state index is 0.981. The number of hydrogen-bond acceptors (Lipinski definition) is 1. The fourth-order valence-electron chi connectivity index (χ4n) is 1.33. The smallest absolute Gasteiger partial charge is 0.0193 e. The van der Waals surface area contributed by atoms with E-state index in [4.69, 9.17) is 11.6 Å². The minimum Gasteiger partial charge on any atom is -0.295 e. The molecule has 0 bridgehead atoms. The van der Waals surface area contributed by atoms with Gasteiger partial charge in [0, 0.05) is 25.2 Å². The summed E-state index contributed by atoms with van der Waals surface area (Å²) in [7, 11) is 0. The molecule has 62 valence electrons. The van der Waals surface area contributed by atoms with Crippen molar-refractivity contribution < 1.29 is 0 Å². The van der Waals surface area contributed by atoms with Gasteiger partial charge >= 0.3 is 0 Å². The Morgan fingerprint density at radius 2 is 2.55 bits per heavy atom. The first-order valence-corrected chi connectivity index (χ1v) is 4.40. The third-order valence-electron chi connectivity index (χ3n) is 1.86. The molecule has 0 unspecified atom stereocenters. The summed E-state index contributed by atoms with van der Waals surface area (Å²) in [6.45, 7) is 5.42. The van der Waals surface area contributed by atoms with Crippen LogP contribution >= 0.6 is 11.6 Å². The molecule has 0 radical (unpaired) electrons. The average Bonchev–Trinajstić information content (AvgIpc) is 2.01. The average molecular weight is 172 g/mol. The third-order valence-corrected chi connectivity index (χ3v) is 2.04. The van der Waals surface area contributed by atoms with Gasteiger partial charge in [-0.3, -0.25) is 4.90 Å². The van der Waals surface area contributed by atoms with Gasteiger partial charge in [0.1, 0.15) is 0 Å². The predicted molar refractivity (Wildman–Crippen MR) is 49.8 cm³/mol. The van der Waals surface area contributed by atoms with Crippen molar-refractivity contribution in [2.24, 2.45) is 0 Å². The van der Waals surface area contributed by atoms with Crippen molar-refractivity contribution in [1.82, 2.24) is 4.90 Å². The van der Waals surface area contributed by atoms with Crippen LogP contribution in [0, 0.1) is 0 Å². The van der Waals surface area contributed by atoms with Gasteiger partial charge in [-0.2, -0.15) is 0 Å². The van der Waals surface area contributed by atoms with Crippen LogP contribution < -0.4 is 0 Å². The fraction of sp³-hybridized carbons (Fsp3) is 0.556. The first kappa shape index (κ1) is 8.82. The maximum atomic E-state index is 5.44. The van der Waals surface area contributed by atoms with E-state index in [1.54, 1.807) is 5.54 Å². The van der Waals surface area contributed by atoms with Gasteiger partial charge in [-0.05, 0) is 13.3 Å². The van der Waals surface area contributed by atoms with Crippen LogP contribution in [0.15, 0.2) is 23.3 Å². The Labute approximate surface area is 73.3 Å². The molecule has 1 heterocycles. The summed E-state index contributed by atoms with van der Waals surface area (Å²) >= 11 is 5.44. The van der Waals surface area contributed by atoms with E-state index < -0.39 is 0 Å². The molecule has 0 aromatic rings. The van der Waals surface area contributed by atoms with Gasteiger partial charge in [0.2, 0.25) is 0 Å². The third kappa shape index (κ3) is 3.08. The first-order valence-electron chi connectivity index (χ1n) is 3.96. The van der Waals surface area contributed by atoms with Crippen LogP contribution in [0.25, 0.3) is 0 Å². The van der Waals surface area contributed by atoms with E-state index in [1.807, 2.05) is 6.08 Å². The predicted octanol–water partition coefficient (Wildman–Crippen LogP) is 2.39. The van der Waals surface area contributed by atoms with Crippen molar-refractivity contribution in [2.75, 3.05) is 19.6 Å². The molecule has 1 aliphatic rings. The molecule has 2 heteroatoms. The molecule has 0 saturated heterocycles. The van der Waals surface area contributed by atoms with Crippen molar-refractivity contribution in [2.45, 2.75) is 13.3 Å². The van der Waals surface area contributed by atoms with Crippen molar-refractivity contribution in [3.63, 3.8) is 0 Å². The van der Waals surface area contributed by atoms with Gasteiger partial charge in [0.25, 0.3) is 0 Å². The largest absolute Gasteiger partial charge is 0.295 e. The van der Waals surface area contributed by atoms with Gasteiger partial charge in [-0.25, -0.2) is 0 Å². The Hall–Kier alpha value is -0.270. The zero-order chi connectivity index (χ0) is 8.10. The van der Waals surface area contributed by atoms with Crippen molar-refractivity contribution in [3.8, 4) is 0 Å². The minimum absolute atomic E-state index is 0.981. The second kappa shape index (κ2) is 4.58. The summed E-state index contributed by atoms with van der Waals surface area (Å²) < 4.78 is 0. The van der Waals surface area contributed by atoms with Crippen LogP contribution in [-0.4, -0.2) is 24.5 Å². The zero-order valence-electron chi connectivity index (χ0n) is 6.89. The molecule has 0 atom stereocenters. The number of hydrogen-bond donors (Lipinski definition) is 0. The monoisotopic (exact) mass is 171 g/mol. The Kier molecular flexibility index (Phi) is 3.67. The lowest BCUT2D eigenvalue weighted by Gasteiger charge is -2.24. The number of halogens is 1. The molecule has 0 aromatic heterocycles. The Morgan fingerprint density at radius 1 is 1.73 bits per heavy atom. The van der Waals surface area contributed by atoms with E-state index in [0.29, 0.717) is 0 Å². The first-order chi connectivity index (χ1) is 5.33. The Morgan fingerprint density at radius 3 is 3.18 bits per heavy atom. The topological polar surface area (TPSA) is 3.24 Å². The van der Waals surface area contributed by atoms with Gasteiger partial charge in [-0.15, -0.1) is 0 Å². The number of nitrogens with zero attached hydrogens (tertiary/aromatic N) is 1. The van der Waals surface area contributed by atoms with Crippen LogP contribution in [0.5, 0.6) is 0 Å². The molecule has 1 nitrogen and oxygen atoms in total. The summed E-state index contributed by atoms with van der Waals surface area (Å²) in [5.74, 6) is 0. The van der Waals surface area contributed by atoms with Gasteiger partial charge < -0.3 is 0 Å². The lowest BCUT2D eigenvalue weighted by Crippen LogP contribution is -2.29. The molecule has 0 amide bonds. The molecular formula is C9H14ClN. The second-order valence-electron chi connectivity index (χ2n) is 2.94. The summed E-state index contributed by atoms with van der Waals surface area (Å²) in [5, 5.41) is 0. The van der Waals surface area contributed by atoms with Crippen molar-refractivity contribution in [1.29, 1.82) is 0 Å². The maximum absolute atomic E-state index is 5.44. The highest BCUT2D eigenvalue weighted by Crippen LogP contribution is 2.07. The molecule has 0 saturated carbocycles. The summed E-state index contributed by atoms with van der Waals surface area (Å²) in [6, 6.07) is 0. The molecular weight excluding hydrogens is 158 g/mol. The van der Waals surface area contributed by atoms with E-state index in [1.165, 1.54) is 18.5 Å².